The summed E-state index contributed by atoms with van der Waals surface area (Å²) >= 11 is 0. The van der Waals surface area contributed by atoms with Gasteiger partial charge in [-0.1, -0.05) is 19.1 Å². The number of aliphatic hydroxyl groups is 1. The lowest BCUT2D eigenvalue weighted by molar-refractivity contribution is 0.0940. The zero-order chi connectivity index (χ0) is 12.4. The van der Waals surface area contributed by atoms with Crippen LogP contribution in [0.3, 0.4) is 0 Å². The molecule has 2 N–H and O–H groups in total. The number of carbonyl (C=O) groups is 1. The summed E-state index contributed by atoms with van der Waals surface area (Å²) < 4.78 is 5.73. The van der Waals surface area contributed by atoms with E-state index in [1.165, 1.54) is 0 Å². The summed E-state index contributed by atoms with van der Waals surface area (Å²) in [5, 5.41) is 11.3. The summed E-state index contributed by atoms with van der Waals surface area (Å²) in [7, 11) is 0. The third kappa shape index (κ3) is 2.13. The Morgan fingerprint density at radius 2 is 2.24 bits per heavy atom. The van der Waals surface area contributed by atoms with Gasteiger partial charge in [-0.3, -0.25) is 4.79 Å². The van der Waals surface area contributed by atoms with Gasteiger partial charge in [0, 0.05) is 18.0 Å². The average Bonchev–Trinajstić information content (AvgIpc) is 2.62. The van der Waals surface area contributed by atoms with Crippen molar-refractivity contribution < 1.29 is 14.6 Å². The molecule has 17 heavy (non-hydrogen) atoms. The van der Waals surface area contributed by atoms with Gasteiger partial charge in [-0.15, -0.1) is 0 Å². The molecule has 1 aliphatic heterocycles. The minimum Gasteiger partial charge on any atom is -0.489 e. The number of hydrogen-bond acceptors (Lipinski definition) is 3. The van der Waals surface area contributed by atoms with Crippen molar-refractivity contribution in [3.8, 4) is 5.75 Å². The Labute approximate surface area is 101 Å². The van der Waals surface area contributed by atoms with E-state index < -0.39 is 0 Å². The Balaban J connectivity index is 2.29. The van der Waals surface area contributed by atoms with Crippen LogP contribution in [0.5, 0.6) is 5.75 Å². The summed E-state index contributed by atoms with van der Waals surface area (Å²) in [4.78, 5) is 11.9. The predicted molar refractivity (Wildman–Crippen MR) is 64.4 cm³/mol. The molecule has 1 aliphatic rings. The number of nitrogens with one attached hydrogen (secondary N) is 1. The second kappa shape index (κ2) is 4.75. The Morgan fingerprint density at radius 1 is 1.47 bits per heavy atom. The van der Waals surface area contributed by atoms with Gasteiger partial charge in [0.1, 0.15) is 11.9 Å². The Hall–Kier alpha value is -1.55. The molecule has 1 amide bonds. The summed E-state index contributed by atoms with van der Waals surface area (Å²) in [6, 6.07) is 5.60. The third-order valence-corrected chi connectivity index (χ3v) is 3.19. The molecule has 0 saturated heterocycles. The lowest BCUT2D eigenvalue weighted by Crippen LogP contribution is -2.26. The fourth-order valence-corrected chi connectivity index (χ4v) is 2.03. The summed E-state index contributed by atoms with van der Waals surface area (Å²) in [6.45, 7) is 4.29. The zero-order valence-corrected chi connectivity index (χ0v) is 10.1. The number of carbonyl (C=O) groups excluding carboxylic acids is 1. The first kappa shape index (κ1) is 11.9. The van der Waals surface area contributed by atoms with Crippen LogP contribution >= 0.6 is 0 Å². The van der Waals surface area contributed by atoms with Crippen molar-refractivity contribution in [2.24, 2.45) is 0 Å². The van der Waals surface area contributed by atoms with Gasteiger partial charge in [-0.2, -0.15) is 0 Å². The van der Waals surface area contributed by atoms with E-state index in [-0.39, 0.29) is 25.2 Å². The lowest BCUT2D eigenvalue weighted by atomic mass is 9.97. The van der Waals surface area contributed by atoms with Crippen molar-refractivity contribution in [1.29, 1.82) is 0 Å². The Bertz CT molecular complexity index is 431. The first-order valence-electron chi connectivity index (χ1n) is 5.83. The number of rotatable bonds is 3. The molecule has 2 unspecified atom stereocenters. The standard InChI is InChI=1S/C13H17NO3/c1-8-9(2)17-12-10(8)4-3-5-11(12)13(16)14-6-7-15/h3-5,8-9,15H,6-7H2,1-2H3,(H,14,16). The van der Waals surface area contributed by atoms with Crippen molar-refractivity contribution in [3.05, 3.63) is 29.3 Å². The highest BCUT2D eigenvalue weighted by Crippen LogP contribution is 2.40. The summed E-state index contributed by atoms with van der Waals surface area (Å²) in [5.41, 5.74) is 1.63. The highest BCUT2D eigenvalue weighted by molar-refractivity contribution is 5.97. The molecule has 0 aliphatic carbocycles. The average molecular weight is 235 g/mol. The van der Waals surface area contributed by atoms with Crippen LogP contribution in [0.2, 0.25) is 0 Å². The molecule has 92 valence electrons. The molecule has 4 nitrogen and oxygen atoms in total. The van der Waals surface area contributed by atoms with Crippen LogP contribution in [-0.4, -0.2) is 30.3 Å². The van der Waals surface area contributed by atoms with Crippen LogP contribution in [0.15, 0.2) is 18.2 Å². The van der Waals surface area contributed by atoms with Gasteiger partial charge < -0.3 is 15.2 Å². The monoisotopic (exact) mass is 235 g/mol. The van der Waals surface area contributed by atoms with E-state index in [9.17, 15) is 4.79 Å². The van der Waals surface area contributed by atoms with Crippen LogP contribution in [0.25, 0.3) is 0 Å². The van der Waals surface area contributed by atoms with Crippen LogP contribution < -0.4 is 10.1 Å². The first-order valence-corrected chi connectivity index (χ1v) is 5.83. The molecule has 4 heteroatoms. The van der Waals surface area contributed by atoms with Crippen molar-refractivity contribution in [2.45, 2.75) is 25.9 Å². The van der Waals surface area contributed by atoms with E-state index in [2.05, 4.69) is 12.2 Å². The molecule has 0 radical (unpaired) electrons. The predicted octanol–water partition coefficient (Wildman–Crippen LogP) is 1.29. The van der Waals surface area contributed by atoms with Gasteiger partial charge in [0.2, 0.25) is 0 Å². The number of para-hydroxylation sites is 1. The van der Waals surface area contributed by atoms with Crippen LogP contribution in [0, 0.1) is 0 Å². The van der Waals surface area contributed by atoms with Gasteiger partial charge in [-0.05, 0) is 13.0 Å². The van der Waals surface area contributed by atoms with E-state index in [0.717, 1.165) is 5.56 Å². The van der Waals surface area contributed by atoms with E-state index >= 15 is 0 Å². The number of fused-ring (bicyclic) bond motifs is 1. The molecule has 0 bridgehead atoms. The van der Waals surface area contributed by atoms with Gasteiger partial charge >= 0.3 is 0 Å². The third-order valence-electron chi connectivity index (χ3n) is 3.19. The van der Waals surface area contributed by atoms with Gasteiger partial charge in [0.25, 0.3) is 5.91 Å². The smallest absolute Gasteiger partial charge is 0.255 e. The minimum absolute atomic E-state index is 0.0611. The summed E-state index contributed by atoms with van der Waals surface area (Å²) in [5.74, 6) is 0.788. The van der Waals surface area contributed by atoms with E-state index in [1.54, 1.807) is 6.07 Å². The molecule has 0 fully saturated rings. The molecule has 2 atom stereocenters. The van der Waals surface area contributed by atoms with Crippen molar-refractivity contribution in [1.82, 2.24) is 5.32 Å². The van der Waals surface area contributed by atoms with E-state index in [1.807, 2.05) is 19.1 Å². The molecular weight excluding hydrogens is 218 g/mol. The minimum atomic E-state index is -0.197. The molecule has 1 aromatic carbocycles. The Kier molecular flexibility index (Phi) is 3.33. The normalized spacial score (nSPS) is 21.8. The van der Waals surface area contributed by atoms with Crippen LogP contribution in [0.1, 0.15) is 35.7 Å². The van der Waals surface area contributed by atoms with Crippen molar-refractivity contribution >= 4 is 5.91 Å². The largest absolute Gasteiger partial charge is 0.489 e. The highest BCUT2D eigenvalue weighted by atomic mass is 16.5. The molecule has 0 aromatic heterocycles. The molecule has 2 rings (SSSR count). The van der Waals surface area contributed by atoms with Gasteiger partial charge in [0.15, 0.2) is 0 Å². The number of hydrogen-bond donors (Lipinski definition) is 2. The molecule has 1 aromatic rings. The molecule has 1 heterocycles. The van der Waals surface area contributed by atoms with Crippen LogP contribution in [-0.2, 0) is 0 Å². The SMILES string of the molecule is CC1Oc2c(C(=O)NCCO)cccc2C1C. The molecular formula is C13H17NO3. The lowest BCUT2D eigenvalue weighted by Gasteiger charge is -2.09. The van der Waals surface area contributed by atoms with E-state index in [0.29, 0.717) is 17.2 Å². The molecule has 0 spiro atoms. The number of aliphatic hydroxyl groups excluding tert-OH is 1. The number of benzene rings is 1. The zero-order valence-electron chi connectivity index (χ0n) is 10.1. The maximum atomic E-state index is 11.9. The highest BCUT2D eigenvalue weighted by Gasteiger charge is 2.30. The summed E-state index contributed by atoms with van der Waals surface area (Å²) in [6.07, 6.45) is 0.0943. The maximum absolute atomic E-state index is 11.9. The number of ether oxygens (including phenoxy) is 1. The van der Waals surface area contributed by atoms with Gasteiger partial charge in [0.05, 0.1) is 12.2 Å². The second-order valence-electron chi connectivity index (χ2n) is 4.32. The fourth-order valence-electron chi connectivity index (χ4n) is 2.03. The topological polar surface area (TPSA) is 58.6 Å². The van der Waals surface area contributed by atoms with Gasteiger partial charge in [-0.25, -0.2) is 0 Å². The maximum Gasteiger partial charge on any atom is 0.255 e. The Morgan fingerprint density at radius 3 is 2.94 bits per heavy atom. The van der Waals surface area contributed by atoms with E-state index in [4.69, 9.17) is 9.84 Å². The van der Waals surface area contributed by atoms with Crippen molar-refractivity contribution in [2.75, 3.05) is 13.2 Å². The fraction of sp³-hybridized carbons (Fsp3) is 0.462. The second-order valence-corrected chi connectivity index (χ2v) is 4.32. The molecule has 0 saturated carbocycles. The first-order chi connectivity index (χ1) is 8.15. The van der Waals surface area contributed by atoms with Crippen molar-refractivity contribution in [3.63, 3.8) is 0 Å². The number of amides is 1. The quantitative estimate of drug-likeness (QED) is 0.830. The van der Waals surface area contributed by atoms with Crippen LogP contribution in [0.4, 0.5) is 0 Å².